The first-order valence-corrected chi connectivity index (χ1v) is 10.3. The number of thioether (sulfide) groups is 1. The molecule has 1 atom stereocenters. The highest BCUT2D eigenvalue weighted by Gasteiger charge is 2.41. The number of benzene rings is 1. The first-order valence-electron chi connectivity index (χ1n) is 7.83. The minimum absolute atomic E-state index is 0.171. The molecular formula is C16H23F2NO3S2. The molecule has 1 aromatic carbocycles. The lowest BCUT2D eigenvalue weighted by atomic mass is 9.81. The Balaban J connectivity index is 2.15. The van der Waals surface area contributed by atoms with E-state index in [-0.39, 0.29) is 17.2 Å². The van der Waals surface area contributed by atoms with Gasteiger partial charge in [0.05, 0.1) is 5.75 Å². The van der Waals surface area contributed by atoms with Gasteiger partial charge < -0.3 is 4.90 Å². The molecule has 0 saturated heterocycles. The number of rotatable bonds is 7. The van der Waals surface area contributed by atoms with E-state index in [1.54, 1.807) is 6.07 Å². The molecule has 2 rings (SSSR count). The lowest BCUT2D eigenvalue weighted by Crippen LogP contribution is -2.39. The fourth-order valence-corrected chi connectivity index (χ4v) is 4.27. The van der Waals surface area contributed by atoms with Crippen LogP contribution in [0.4, 0.5) is 14.5 Å². The number of nitrogens with zero attached hydrogens (tertiary/aromatic N) is 1. The summed E-state index contributed by atoms with van der Waals surface area (Å²) in [4.78, 5) is 2.74. The van der Waals surface area contributed by atoms with Crippen molar-refractivity contribution >= 4 is 27.6 Å². The number of hydrogen-bond acceptors (Lipinski definition) is 4. The van der Waals surface area contributed by atoms with Gasteiger partial charge in [0.2, 0.25) is 0 Å². The zero-order valence-electron chi connectivity index (χ0n) is 14.0. The number of halogens is 2. The predicted octanol–water partition coefficient (Wildman–Crippen LogP) is 4.16. The van der Waals surface area contributed by atoms with E-state index in [1.807, 2.05) is 12.1 Å². The van der Waals surface area contributed by atoms with E-state index in [2.05, 4.69) is 25.7 Å². The number of anilines is 1. The molecule has 1 aliphatic heterocycles. The standard InChI is InChI=1S/C16H23F2NO3S2/c1-11-16(2,3)13-10-12(23-15(17)18)6-7-14(13)19(11)8-4-5-9-24(20,21)22/h6-7,10-11,15H,4-5,8-9H2,1-3H3,(H,20,21,22). The third-order valence-corrected chi connectivity index (χ3v) is 6.27. The molecule has 1 aliphatic rings. The molecule has 1 N–H and O–H groups in total. The van der Waals surface area contributed by atoms with Crippen LogP contribution in [0, 0.1) is 0 Å². The predicted molar refractivity (Wildman–Crippen MR) is 93.8 cm³/mol. The summed E-state index contributed by atoms with van der Waals surface area (Å²) in [6.45, 7) is 6.92. The van der Waals surface area contributed by atoms with Crippen LogP contribution in [0.2, 0.25) is 0 Å². The average molecular weight is 379 g/mol. The van der Waals surface area contributed by atoms with E-state index in [4.69, 9.17) is 4.55 Å². The average Bonchev–Trinajstić information content (AvgIpc) is 2.62. The normalized spacial score (nSPS) is 19.8. The van der Waals surface area contributed by atoms with Crippen LogP contribution in [-0.2, 0) is 15.5 Å². The Hall–Kier alpha value is -0.860. The number of fused-ring (bicyclic) bond motifs is 1. The maximum Gasteiger partial charge on any atom is 0.288 e. The lowest BCUT2D eigenvalue weighted by Gasteiger charge is -2.31. The maximum absolute atomic E-state index is 12.6. The molecule has 1 unspecified atom stereocenters. The Morgan fingerprint density at radius 3 is 2.58 bits per heavy atom. The second kappa shape index (κ2) is 7.17. The molecule has 0 bridgehead atoms. The van der Waals surface area contributed by atoms with Crippen molar-refractivity contribution in [2.45, 2.75) is 55.7 Å². The smallest absolute Gasteiger partial charge is 0.288 e. The highest BCUT2D eigenvalue weighted by Crippen LogP contribution is 2.46. The largest absolute Gasteiger partial charge is 0.368 e. The number of hydrogen-bond donors (Lipinski definition) is 1. The van der Waals surface area contributed by atoms with E-state index in [0.29, 0.717) is 36.0 Å². The topological polar surface area (TPSA) is 57.6 Å². The van der Waals surface area contributed by atoms with E-state index < -0.39 is 15.9 Å². The van der Waals surface area contributed by atoms with E-state index in [9.17, 15) is 17.2 Å². The van der Waals surface area contributed by atoms with Crippen molar-refractivity contribution in [3.05, 3.63) is 23.8 Å². The SMILES string of the molecule is CC1N(CCCCS(=O)(=O)O)c2ccc(SC(F)F)cc2C1(C)C. The third-order valence-electron chi connectivity index (χ3n) is 4.76. The first kappa shape index (κ1) is 19.5. The fourth-order valence-electron chi connectivity index (χ4n) is 3.16. The molecule has 24 heavy (non-hydrogen) atoms. The summed E-state index contributed by atoms with van der Waals surface area (Å²) in [6.07, 6.45) is 1.02. The van der Waals surface area contributed by atoms with Crippen molar-refractivity contribution in [2.75, 3.05) is 17.2 Å². The van der Waals surface area contributed by atoms with Crippen LogP contribution >= 0.6 is 11.8 Å². The quantitative estimate of drug-likeness (QED) is 0.438. The van der Waals surface area contributed by atoms with Gasteiger partial charge >= 0.3 is 0 Å². The van der Waals surface area contributed by atoms with E-state index in [1.165, 1.54) is 0 Å². The van der Waals surface area contributed by atoms with Gasteiger partial charge in [0.25, 0.3) is 15.9 Å². The van der Waals surface area contributed by atoms with Gasteiger partial charge in [-0.05, 0) is 43.5 Å². The van der Waals surface area contributed by atoms with Crippen molar-refractivity contribution in [3.63, 3.8) is 0 Å². The number of unbranched alkanes of at least 4 members (excludes halogenated alkanes) is 1. The molecule has 8 heteroatoms. The summed E-state index contributed by atoms with van der Waals surface area (Å²) in [6, 6.07) is 5.58. The van der Waals surface area contributed by atoms with Gasteiger partial charge in [-0.1, -0.05) is 25.6 Å². The molecule has 0 spiro atoms. The molecule has 0 aromatic heterocycles. The molecule has 1 aromatic rings. The molecule has 0 amide bonds. The molecular weight excluding hydrogens is 356 g/mol. The Morgan fingerprint density at radius 1 is 1.33 bits per heavy atom. The zero-order valence-corrected chi connectivity index (χ0v) is 15.6. The Kier molecular flexibility index (Phi) is 5.82. The van der Waals surface area contributed by atoms with Gasteiger partial charge in [-0.2, -0.15) is 17.2 Å². The Labute approximate surface area is 146 Å². The van der Waals surface area contributed by atoms with Gasteiger partial charge in [-0.25, -0.2) is 0 Å². The van der Waals surface area contributed by atoms with Gasteiger partial charge in [-0.15, -0.1) is 0 Å². The van der Waals surface area contributed by atoms with Crippen LogP contribution in [0.25, 0.3) is 0 Å². The summed E-state index contributed by atoms with van der Waals surface area (Å²) in [5.41, 5.74) is 1.87. The van der Waals surface area contributed by atoms with Crippen molar-refractivity contribution in [3.8, 4) is 0 Å². The number of alkyl halides is 2. The van der Waals surface area contributed by atoms with Crippen molar-refractivity contribution < 1.29 is 21.8 Å². The van der Waals surface area contributed by atoms with Crippen molar-refractivity contribution in [2.24, 2.45) is 0 Å². The molecule has 0 saturated carbocycles. The molecule has 4 nitrogen and oxygen atoms in total. The fraction of sp³-hybridized carbons (Fsp3) is 0.625. The Bertz CT molecular complexity index is 693. The molecule has 0 radical (unpaired) electrons. The maximum atomic E-state index is 12.6. The van der Waals surface area contributed by atoms with Crippen molar-refractivity contribution in [1.29, 1.82) is 0 Å². The summed E-state index contributed by atoms with van der Waals surface area (Å²) < 4.78 is 55.6. The van der Waals surface area contributed by atoms with Crippen LogP contribution in [0.1, 0.15) is 39.2 Å². The van der Waals surface area contributed by atoms with Gasteiger partial charge in [0.1, 0.15) is 0 Å². The van der Waals surface area contributed by atoms with Crippen LogP contribution in [0.15, 0.2) is 23.1 Å². The molecule has 0 aliphatic carbocycles. The highest BCUT2D eigenvalue weighted by atomic mass is 32.2. The molecule has 0 fully saturated rings. The lowest BCUT2D eigenvalue weighted by molar-refractivity contribution is 0.252. The summed E-state index contributed by atoms with van der Waals surface area (Å²) in [7, 11) is -3.93. The first-order chi connectivity index (χ1) is 11.0. The summed E-state index contributed by atoms with van der Waals surface area (Å²) >= 11 is 0.546. The van der Waals surface area contributed by atoms with Crippen LogP contribution in [0.3, 0.4) is 0 Å². The highest BCUT2D eigenvalue weighted by molar-refractivity contribution is 7.99. The summed E-state index contributed by atoms with van der Waals surface area (Å²) in [5, 5.41) is 0. The summed E-state index contributed by atoms with van der Waals surface area (Å²) in [5.74, 6) is -2.68. The Morgan fingerprint density at radius 2 is 2.00 bits per heavy atom. The minimum atomic E-state index is -3.93. The zero-order chi connectivity index (χ0) is 18.1. The van der Waals surface area contributed by atoms with Gasteiger partial charge in [0.15, 0.2) is 0 Å². The van der Waals surface area contributed by atoms with Crippen LogP contribution in [-0.4, -0.2) is 37.1 Å². The monoisotopic (exact) mass is 379 g/mol. The second-order valence-corrected chi connectivity index (χ2v) is 9.28. The van der Waals surface area contributed by atoms with Gasteiger partial charge in [-0.3, -0.25) is 4.55 Å². The van der Waals surface area contributed by atoms with Gasteiger partial charge in [0, 0.05) is 28.6 Å². The van der Waals surface area contributed by atoms with Crippen LogP contribution in [0.5, 0.6) is 0 Å². The molecule has 1 heterocycles. The second-order valence-electron chi connectivity index (χ2n) is 6.64. The molecule has 136 valence electrons. The van der Waals surface area contributed by atoms with Crippen molar-refractivity contribution in [1.82, 2.24) is 0 Å². The van der Waals surface area contributed by atoms with E-state index in [0.717, 1.165) is 11.3 Å². The third kappa shape index (κ3) is 4.40. The van der Waals surface area contributed by atoms with Crippen LogP contribution < -0.4 is 4.90 Å². The van der Waals surface area contributed by atoms with E-state index >= 15 is 0 Å². The minimum Gasteiger partial charge on any atom is -0.368 e.